The normalized spacial score (nSPS) is 20.5. The van der Waals surface area contributed by atoms with Crippen LogP contribution in [0.25, 0.3) is 22.1 Å². The monoisotopic (exact) mass is 506 g/mol. The van der Waals surface area contributed by atoms with Gasteiger partial charge in [0.2, 0.25) is 15.6 Å². The van der Waals surface area contributed by atoms with Gasteiger partial charge in [0.15, 0.2) is 0 Å². The highest BCUT2D eigenvalue weighted by molar-refractivity contribution is 7.97. The maximum Gasteiger partial charge on any atom is 0.211 e. The van der Waals surface area contributed by atoms with Crippen molar-refractivity contribution in [3.05, 3.63) is 124 Å². The van der Waals surface area contributed by atoms with Crippen molar-refractivity contribution in [1.82, 2.24) is 0 Å². The number of sulfone groups is 1. The molecule has 0 atom stereocenters. The molecule has 0 aliphatic carbocycles. The maximum absolute atomic E-state index is 13.5. The highest BCUT2D eigenvalue weighted by atomic mass is 32.2. The van der Waals surface area contributed by atoms with Gasteiger partial charge < -0.3 is 13.9 Å². The third-order valence-corrected chi connectivity index (χ3v) is 8.56. The van der Waals surface area contributed by atoms with Crippen molar-refractivity contribution in [3.8, 4) is 11.5 Å². The number of rotatable bonds is 1. The Kier molecular flexibility index (Phi) is 4.50. The highest BCUT2D eigenvalue weighted by Gasteiger charge is 2.42. The molecule has 0 bridgehead atoms. The average molecular weight is 507 g/mol. The van der Waals surface area contributed by atoms with Crippen LogP contribution in [0.1, 0.15) is 28.4 Å². The molecule has 3 aromatic carbocycles. The van der Waals surface area contributed by atoms with E-state index < -0.39 is 15.6 Å². The van der Waals surface area contributed by atoms with E-state index in [1.165, 1.54) is 12.1 Å². The molecule has 0 amide bonds. The fourth-order valence-electron chi connectivity index (χ4n) is 4.97. The number of para-hydroxylation sites is 1. The summed E-state index contributed by atoms with van der Waals surface area (Å²) in [5, 5.41) is 0.983. The Morgan fingerprint density at radius 2 is 1.59 bits per heavy atom. The van der Waals surface area contributed by atoms with Gasteiger partial charge in [-0.25, -0.2) is 8.42 Å². The van der Waals surface area contributed by atoms with Gasteiger partial charge >= 0.3 is 0 Å². The van der Waals surface area contributed by atoms with E-state index in [0.717, 1.165) is 16.5 Å². The van der Waals surface area contributed by atoms with Gasteiger partial charge in [-0.15, -0.1) is 0 Å². The van der Waals surface area contributed by atoms with E-state index in [0.29, 0.717) is 39.7 Å². The summed E-state index contributed by atoms with van der Waals surface area (Å²) in [4.78, 5) is 13.1. The second kappa shape index (κ2) is 7.69. The van der Waals surface area contributed by atoms with E-state index in [-0.39, 0.29) is 15.4 Å². The molecule has 7 heteroatoms. The summed E-state index contributed by atoms with van der Waals surface area (Å²) in [7, 11) is -4.00. The van der Waals surface area contributed by atoms with Gasteiger partial charge in [0.1, 0.15) is 33.5 Å². The molecule has 3 aliphatic rings. The van der Waals surface area contributed by atoms with Gasteiger partial charge in [-0.3, -0.25) is 4.79 Å². The van der Waals surface area contributed by atoms with Crippen molar-refractivity contribution in [2.24, 2.45) is 0 Å². The van der Waals surface area contributed by atoms with Gasteiger partial charge in [-0.05, 0) is 55.0 Å². The molecular weight excluding hydrogens is 488 g/mol. The minimum atomic E-state index is -4.00. The Balaban J connectivity index is 1.38. The van der Waals surface area contributed by atoms with Crippen LogP contribution in [0.15, 0.2) is 117 Å². The van der Waals surface area contributed by atoms with Gasteiger partial charge in [-0.2, -0.15) is 0 Å². The number of carbonyl (C=O) groups excluding carboxylic acids is 1. The van der Waals surface area contributed by atoms with Crippen LogP contribution >= 0.6 is 0 Å². The first-order valence-electron chi connectivity index (χ1n) is 11.6. The third-order valence-electron chi connectivity index (χ3n) is 6.68. The number of Topliss-reactive ketones (excluding diaryl/α,β-unsaturated/α-hetero) is 1. The molecule has 0 unspecified atom stereocenters. The van der Waals surface area contributed by atoms with Crippen molar-refractivity contribution in [3.63, 3.8) is 0 Å². The molecule has 37 heavy (non-hydrogen) atoms. The molecule has 0 radical (unpaired) electrons. The predicted molar refractivity (Wildman–Crippen MR) is 139 cm³/mol. The van der Waals surface area contributed by atoms with Crippen LogP contribution in [0.2, 0.25) is 0 Å². The topological polar surface area (TPSA) is 82.8 Å². The molecule has 180 valence electrons. The number of hydrogen-bond acceptors (Lipinski definition) is 6. The lowest BCUT2D eigenvalue weighted by atomic mass is 9.98. The lowest BCUT2D eigenvalue weighted by Crippen LogP contribution is -2.11. The Bertz CT molecular complexity index is 1910. The lowest BCUT2D eigenvalue weighted by molar-refractivity contribution is 0.104. The minimum Gasteiger partial charge on any atom is -0.464 e. The summed E-state index contributed by atoms with van der Waals surface area (Å²) in [6.45, 7) is 1.99. The summed E-state index contributed by atoms with van der Waals surface area (Å²) < 4.78 is 44.7. The van der Waals surface area contributed by atoms with Gasteiger partial charge in [0.05, 0.1) is 11.2 Å². The summed E-state index contributed by atoms with van der Waals surface area (Å²) >= 11 is 0. The number of ketones is 1. The van der Waals surface area contributed by atoms with Crippen molar-refractivity contribution < 1.29 is 27.1 Å². The van der Waals surface area contributed by atoms with E-state index in [4.69, 9.17) is 13.9 Å². The van der Waals surface area contributed by atoms with Crippen LogP contribution in [-0.4, -0.2) is 14.2 Å². The molecule has 0 N–H and O–H groups in total. The zero-order chi connectivity index (χ0) is 25.3. The zero-order valence-electron chi connectivity index (χ0n) is 19.5. The number of ether oxygens (including phenoxy) is 2. The largest absolute Gasteiger partial charge is 0.464 e. The van der Waals surface area contributed by atoms with Crippen molar-refractivity contribution in [1.29, 1.82) is 0 Å². The number of carbonyl (C=O) groups is 1. The Morgan fingerprint density at radius 1 is 0.811 bits per heavy atom. The molecule has 4 heterocycles. The van der Waals surface area contributed by atoms with Crippen molar-refractivity contribution >= 4 is 37.7 Å². The molecule has 7 rings (SSSR count). The highest BCUT2D eigenvalue weighted by Crippen LogP contribution is 2.44. The molecule has 6 nitrogen and oxygen atoms in total. The van der Waals surface area contributed by atoms with Crippen LogP contribution in [0.4, 0.5) is 0 Å². The molecule has 0 fully saturated rings. The SMILES string of the molecule is CC1=C/C(=C\C2=CC(=C3/C(=O)c4ccccc4S3(=O)=O)/c3ccccc3O2)Oc2cc3occc3cc21. The molecule has 0 saturated carbocycles. The Hall–Kier alpha value is -4.62. The fourth-order valence-corrected chi connectivity index (χ4v) is 6.71. The first kappa shape index (κ1) is 21.6. The van der Waals surface area contributed by atoms with E-state index >= 15 is 0 Å². The maximum atomic E-state index is 13.5. The molecule has 1 aromatic heterocycles. The Morgan fingerprint density at radius 3 is 2.43 bits per heavy atom. The number of furan rings is 1. The van der Waals surface area contributed by atoms with Crippen LogP contribution < -0.4 is 9.47 Å². The molecule has 4 aromatic rings. The van der Waals surface area contributed by atoms with Gasteiger partial charge in [-0.1, -0.05) is 30.3 Å². The van der Waals surface area contributed by atoms with Crippen molar-refractivity contribution in [2.45, 2.75) is 11.8 Å². The predicted octanol–water partition coefficient (Wildman–Crippen LogP) is 6.47. The second-order valence-electron chi connectivity index (χ2n) is 9.00. The molecule has 0 spiro atoms. The fraction of sp³-hybridized carbons (Fsp3) is 0.0333. The second-order valence-corrected chi connectivity index (χ2v) is 10.9. The first-order valence-corrected chi connectivity index (χ1v) is 13.1. The summed E-state index contributed by atoms with van der Waals surface area (Å²) in [6, 6.07) is 19.1. The van der Waals surface area contributed by atoms with Crippen LogP contribution in [0, 0.1) is 0 Å². The average Bonchev–Trinajstić information content (AvgIpc) is 3.42. The van der Waals surface area contributed by atoms with Gasteiger partial charge in [0.25, 0.3) is 0 Å². The van der Waals surface area contributed by atoms with Crippen LogP contribution in [0.3, 0.4) is 0 Å². The number of fused-ring (bicyclic) bond motifs is 4. The zero-order valence-corrected chi connectivity index (χ0v) is 20.3. The summed E-state index contributed by atoms with van der Waals surface area (Å²) in [5.41, 5.74) is 3.67. The summed E-state index contributed by atoms with van der Waals surface area (Å²) in [5.74, 6) is 1.43. The molecule has 3 aliphatic heterocycles. The molecule has 0 saturated heterocycles. The van der Waals surface area contributed by atoms with E-state index in [2.05, 4.69) is 0 Å². The third kappa shape index (κ3) is 3.24. The van der Waals surface area contributed by atoms with Crippen LogP contribution in [-0.2, 0) is 9.84 Å². The number of benzene rings is 3. The smallest absolute Gasteiger partial charge is 0.211 e. The standard InChI is InChI=1S/C30H18O6S/c1-17-12-19(36-27-16-26-18(10-11-34-26)13-23(17)27)14-20-15-24(21-6-2-4-8-25(21)35-20)30-29(31)22-7-3-5-9-28(22)37(30,32)33/h2-16H,1H3/b19-14+,30-24+. The van der Waals surface area contributed by atoms with Crippen LogP contribution in [0.5, 0.6) is 11.5 Å². The number of hydrogen-bond donors (Lipinski definition) is 0. The Labute approximate surface area is 212 Å². The first-order chi connectivity index (χ1) is 17.9. The van der Waals surface area contributed by atoms with E-state index in [1.807, 2.05) is 31.2 Å². The quantitative estimate of drug-likeness (QED) is 0.275. The molecular formula is C30H18O6S. The minimum absolute atomic E-state index is 0.0230. The lowest BCUT2D eigenvalue weighted by Gasteiger charge is -2.22. The van der Waals surface area contributed by atoms with E-state index in [9.17, 15) is 13.2 Å². The summed E-state index contributed by atoms with van der Waals surface area (Å²) in [6.07, 6.45) is 6.80. The van der Waals surface area contributed by atoms with Gasteiger partial charge in [0, 0.05) is 39.8 Å². The number of allylic oxidation sites excluding steroid dienone is 6. The van der Waals surface area contributed by atoms with E-state index in [1.54, 1.807) is 54.8 Å². The van der Waals surface area contributed by atoms with Crippen molar-refractivity contribution in [2.75, 3.05) is 0 Å².